The van der Waals surface area contributed by atoms with Crippen LogP contribution < -0.4 is 22.1 Å². The Balaban J connectivity index is 1.50. The summed E-state index contributed by atoms with van der Waals surface area (Å²) in [5, 5.41) is 5.98. The van der Waals surface area contributed by atoms with Gasteiger partial charge in [0.05, 0.1) is 5.69 Å². The summed E-state index contributed by atoms with van der Waals surface area (Å²) >= 11 is 0. The van der Waals surface area contributed by atoms with Crippen molar-refractivity contribution in [2.45, 2.75) is 31.2 Å². The molecule has 0 bridgehead atoms. The maximum absolute atomic E-state index is 11.9. The molecule has 1 fully saturated rings. The van der Waals surface area contributed by atoms with Gasteiger partial charge in [0.1, 0.15) is 5.82 Å². The van der Waals surface area contributed by atoms with Crippen molar-refractivity contribution in [1.29, 1.82) is 0 Å². The van der Waals surface area contributed by atoms with Gasteiger partial charge in [0, 0.05) is 36.7 Å². The number of anilines is 3. The monoisotopic (exact) mass is 326 g/mol. The first-order valence-corrected chi connectivity index (χ1v) is 8.09. The average Bonchev–Trinajstić information content (AvgIpc) is 2.52. The topological polar surface area (TPSA) is 119 Å². The van der Waals surface area contributed by atoms with E-state index in [1.165, 1.54) is 0 Å². The van der Waals surface area contributed by atoms with Crippen LogP contribution >= 0.6 is 0 Å². The molecule has 1 saturated carbocycles. The molecule has 0 atom stereocenters. The molecular formula is C17H22N6O. The number of carbonyl (C=O) groups excluding carboxylic acids is 1. The van der Waals surface area contributed by atoms with Crippen molar-refractivity contribution in [2.75, 3.05) is 22.9 Å². The normalized spacial score (nSPS) is 19.4. The van der Waals surface area contributed by atoms with Crippen molar-refractivity contribution in [3.63, 3.8) is 0 Å². The van der Waals surface area contributed by atoms with Crippen molar-refractivity contribution < 1.29 is 4.79 Å². The highest BCUT2D eigenvalue weighted by Gasteiger charge is 2.29. The number of carbonyl (C=O) groups is 1. The molecule has 126 valence electrons. The lowest BCUT2D eigenvalue weighted by atomic mass is 9.78. The molecule has 2 aromatic rings. The van der Waals surface area contributed by atoms with Crippen LogP contribution in [0.1, 0.15) is 30.9 Å². The third-order valence-electron chi connectivity index (χ3n) is 4.07. The predicted octanol–water partition coefficient (Wildman–Crippen LogP) is 1.70. The Labute approximate surface area is 140 Å². The van der Waals surface area contributed by atoms with Gasteiger partial charge in [-0.05, 0) is 25.0 Å². The third kappa shape index (κ3) is 4.20. The number of benzene rings is 1. The summed E-state index contributed by atoms with van der Waals surface area (Å²) in [5.41, 5.74) is 13.3. The number of aromatic nitrogens is 2. The van der Waals surface area contributed by atoms with Gasteiger partial charge < -0.3 is 22.1 Å². The van der Waals surface area contributed by atoms with Crippen LogP contribution in [-0.2, 0) is 4.79 Å². The second-order valence-electron chi connectivity index (χ2n) is 6.06. The van der Waals surface area contributed by atoms with E-state index in [9.17, 15) is 4.79 Å². The zero-order chi connectivity index (χ0) is 16.9. The highest BCUT2D eigenvalue weighted by atomic mass is 16.1. The van der Waals surface area contributed by atoms with E-state index < -0.39 is 0 Å². The van der Waals surface area contributed by atoms with Crippen LogP contribution in [0.3, 0.4) is 0 Å². The van der Waals surface area contributed by atoms with Gasteiger partial charge in [-0.2, -0.15) is 4.98 Å². The first kappa shape index (κ1) is 16.2. The van der Waals surface area contributed by atoms with E-state index in [0.29, 0.717) is 24.7 Å². The third-order valence-corrected chi connectivity index (χ3v) is 4.07. The number of hydrogen-bond donors (Lipinski definition) is 4. The molecule has 7 heteroatoms. The van der Waals surface area contributed by atoms with E-state index in [2.05, 4.69) is 20.6 Å². The van der Waals surface area contributed by atoms with Gasteiger partial charge in [0.25, 0.3) is 0 Å². The molecule has 3 rings (SSSR count). The van der Waals surface area contributed by atoms with Gasteiger partial charge in [-0.3, -0.25) is 4.79 Å². The molecule has 0 aliphatic heterocycles. The molecule has 1 aliphatic rings. The Morgan fingerprint density at radius 2 is 1.96 bits per heavy atom. The van der Waals surface area contributed by atoms with Crippen molar-refractivity contribution >= 4 is 23.4 Å². The molecule has 1 heterocycles. The van der Waals surface area contributed by atoms with Crippen molar-refractivity contribution in [2.24, 2.45) is 5.73 Å². The van der Waals surface area contributed by atoms with E-state index >= 15 is 0 Å². The molecule has 0 saturated heterocycles. The lowest BCUT2D eigenvalue weighted by Gasteiger charge is -2.32. The van der Waals surface area contributed by atoms with Crippen LogP contribution in [-0.4, -0.2) is 28.5 Å². The van der Waals surface area contributed by atoms with Gasteiger partial charge in [-0.1, -0.05) is 18.2 Å². The number of hydrogen-bond acceptors (Lipinski definition) is 6. The summed E-state index contributed by atoms with van der Waals surface area (Å²) in [6.45, 7) is 0.471. The van der Waals surface area contributed by atoms with E-state index in [1.54, 1.807) is 0 Å². The number of nitrogen functional groups attached to an aromatic ring is 1. The predicted molar refractivity (Wildman–Crippen MR) is 94.6 cm³/mol. The quantitative estimate of drug-likeness (QED) is 0.641. The summed E-state index contributed by atoms with van der Waals surface area (Å²) in [6.07, 6.45) is 2.19. The number of para-hydroxylation sites is 1. The Morgan fingerprint density at radius 3 is 2.67 bits per heavy atom. The molecule has 1 aliphatic carbocycles. The molecule has 0 radical (unpaired) electrons. The van der Waals surface area contributed by atoms with Crippen LogP contribution in [0.2, 0.25) is 0 Å². The maximum Gasteiger partial charge on any atom is 0.226 e. The van der Waals surface area contributed by atoms with Crippen molar-refractivity contribution in [3.8, 4) is 0 Å². The second kappa shape index (κ2) is 7.27. The fourth-order valence-corrected chi connectivity index (χ4v) is 2.74. The number of nitrogens with one attached hydrogen (secondary N) is 2. The molecule has 1 amide bonds. The number of nitrogens with zero attached hydrogens (tertiary/aromatic N) is 2. The molecular weight excluding hydrogens is 304 g/mol. The van der Waals surface area contributed by atoms with E-state index in [1.807, 2.05) is 36.4 Å². The average molecular weight is 326 g/mol. The van der Waals surface area contributed by atoms with Crippen molar-refractivity contribution in [3.05, 3.63) is 42.1 Å². The highest BCUT2D eigenvalue weighted by Crippen LogP contribution is 2.35. The van der Waals surface area contributed by atoms with Gasteiger partial charge in [0.15, 0.2) is 0 Å². The second-order valence-corrected chi connectivity index (χ2v) is 6.06. The van der Waals surface area contributed by atoms with Gasteiger partial charge in [-0.15, -0.1) is 0 Å². The number of amides is 1. The SMILES string of the molecule is Nc1nc(NCCC(=O)Nc2ccccc2)cc(C2CC(N)C2)n1. The lowest BCUT2D eigenvalue weighted by Crippen LogP contribution is -2.35. The minimum atomic E-state index is -0.0547. The van der Waals surface area contributed by atoms with Crippen molar-refractivity contribution in [1.82, 2.24) is 9.97 Å². The van der Waals surface area contributed by atoms with E-state index in [4.69, 9.17) is 11.5 Å². The molecule has 1 aromatic heterocycles. The number of rotatable bonds is 6. The summed E-state index contributed by atoms with van der Waals surface area (Å²) in [5.74, 6) is 1.18. The Morgan fingerprint density at radius 1 is 1.21 bits per heavy atom. The zero-order valence-corrected chi connectivity index (χ0v) is 13.4. The fourth-order valence-electron chi connectivity index (χ4n) is 2.74. The fraction of sp³-hybridized carbons (Fsp3) is 0.353. The van der Waals surface area contributed by atoms with Gasteiger partial charge >= 0.3 is 0 Å². The Hall–Kier alpha value is -2.67. The Kier molecular flexibility index (Phi) is 4.90. The molecule has 6 N–H and O–H groups in total. The zero-order valence-electron chi connectivity index (χ0n) is 13.4. The first-order chi connectivity index (χ1) is 11.6. The lowest BCUT2D eigenvalue weighted by molar-refractivity contribution is -0.115. The van der Waals surface area contributed by atoms with Crippen LogP contribution in [0.25, 0.3) is 0 Å². The minimum absolute atomic E-state index is 0.0547. The largest absolute Gasteiger partial charge is 0.369 e. The summed E-state index contributed by atoms with van der Waals surface area (Å²) < 4.78 is 0. The van der Waals surface area contributed by atoms with Crippen LogP contribution in [0.5, 0.6) is 0 Å². The minimum Gasteiger partial charge on any atom is -0.369 e. The molecule has 7 nitrogen and oxygen atoms in total. The first-order valence-electron chi connectivity index (χ1n) is 8.09. The summed E-state index contributed by atoms with van der Waals surface area (Å²) in [4.78, 5) is 20.4. The molecule has 24 heavy (non-hydrogen) atoms. The van der Waals surface area contributed by atoms with Gasteiger partial charge in [0.2, 0.25) is 11.9 Å². The van der Waals surface area contributed by atoms with E-state index in [-0.39, 0.29) is 17.9 Å². The smallest absolute Gasteiger partial charge is 0.226 e. The molecule has 1 aromatic carbocycles. The number of nitrogens with two attached hydrogens (primary N) is 2. The van der Waals surface area contributed by atoms with Crippen LogP contribution in [0, 0.1) is 0 Å². The highest BCUT2D eigenvalue weighted by molar-refractivity contribution is 5.90. The van der Waals surface area contributed by atoms with Gasteiger partial charge in [-0.25, -0.2) is 4.98 Å². The Bertz CT molecular complexity index is 699. The molecule has 0 unspecified atom stereocenters. The molecule has 0 spiro atoms. The van der Waals surface area contributed by atoms with E-state index in [0.717, 1.165) is 24.2 Å². The van der Waals surface area contributed by atoms with Crippen LogP contribution in [0.4, 0.5) is 17.5 Å². The standard InChI is InChI=1S/C17H22N6O/c18-12-8-11(9-12)14-10-15(23-17(19)22-14)20-7-6-16(24)21-13-4-2-1-3-5-13/h1-5,10-12H,6-9,18H2,(H,21,24)(H3,19,20,22,23). The van der Waals surface area contributed by atoms with Crippen LogP contribution in [0.15, 0.2) is 36.4 Å². The maximum atomic E-state index is 11.9. The summed E-state index contributed by atoms with van der Waals surface area (Å²) in [7, 11) is 0. The summed E-state index contributed by atoms with van der Waals surface area (Å²) in [6, 6.07) is 11.5.